The summed E-state index contributed by atoms with van der Waals surface area (Å²) in [6, 6.07) is 2.88. The third kappa shape index (κ3) is 3.05. The topological polar surface area (TPSA) is 72.2 Å². The number of carboxylic acids is 1. The minimum absolute atomic E-state index is 0.235. The average Bonchev–Trinajstić information content (AvgIpc) is 2.43. The Morgan fingerprint density at radius 2 is 1.86 bits per heavy atom. The number of aryl methyl sites for hydroxylation is 1. The molecule has 0 amide bonds. The number of aromatic carboxylic acids is 1. The van der Waals surface area contributed by atoms with Crippen LogP contribution in [0.5, 0.6) is 0 Å². The Balaban J connectivity index is 2.76. The highest BCUT2D eigenvalue weighted by atomic mass is 35.5. The molecule has 0 spiro atoms. The van der Waals surface area contributed by atoms with E-state index >= 15 is 0 Å². The van der Waals surface area contributed by atoms with Gasteiger partial charge in [-0.05, 0) is 18.6 Å². The molecule has 0 saturated heterocycles. The number of hydrogen-bond acceptors (Lipinski definition) is 3. The molecule has 0 aliphatic rings. The first-order valence-corrected chi connectivity index (χ1v) is 6.99. The summed E-state index contributed by atoms with van der Waals surface area (Å²) < 4.78 is 1.22. The molecule has 0 unspecified atom stereocenters. The Hall–Kier alpha value is -1.56. The summed E-state index contributed by atoms with van der Waals surface area (Å²) in [5, 5.41) is 13.6. The lowest BCUT2D eigenvalue weighted by Gasteiger charge is -2.11. The van der Waals surface area contributed by atoms with Crippen molar-refractivity contribution in [1.82, 2.24) is 9.78 Å². The van der Waals surface area contributed by atoms with Gasteiger partial charge in [-0.25, -0.2) is 9.48 Å². The zero-order valence-corrected chi connectivity index (χ0v) is 13.0. The van der Waals surface area contributed by atoms with E-state index in [2.05, 4.69) is 5.10 Å². The first kappa shape index (κ1) is 15.8. The predicted octanol–water partition coefficient (Wildman–Crippen LogP) is 3.45. The van der Waals surface area contributed by atoms with E-state index in [1.54, 1.807) is 6.92 Å². The van der Waals surface area contributed by atoms with Crippen molar-refractivity contribution in [2.45, 2.75) is 13.3 Å². The highest BCUT2D eigenvalue weighted by Gasteiger charge is 2.17. The summed E-state index contributed by atoms with van der Waals surface area (Å²) in [7, 11) is 0. The van der Waals surface area contributed by atoms with Crippen LogP contribution in [0.25, 0.3) is 5.69 Å². The number of benzene rings is 1. The van der Waals surface area contributed by atoms with Gasteiger partial charge in [-0.2, -0.15) is 5.10 Å². The molecule has 0 aliphatic carbocycles. The van der Waals surface area contributed by atoms with Gasteiger partial charge in [0.1, 0.15) is 0 Å². The van der Waals surface area contributed by atoms with Crippen molar-refractivity contribution in [2.24, 2.45) is 0 Å². The SMILES string of the molecule is CCc1cn(-c2cc(Cl)c(Cl)cc2Cl)nc(C(=O)O)c1=O. The number of carboxylic acid groups (broad SMARTS) is 1. The third-order valence-electron chi connectivity index (χ3n) is 2.81. The molecule has 0 aliphatic heterocycles. The highest BCUT2D eigenvalue weighted by Crippen LogP contribution is 2.30. The normalized spacial score (nSPS) is 10.7. The van der Waals surface area contributed by atoms with Gasteiger partial charge in [0, 0.05) is 11.8 Å². The molecule has 5 nitrogen and oxygen atoms in total. The molecule has 0 fully saturated rings. The third-order valence-corrected chi connectivity index (χ3v) is 3.84. The maximum absolute atomic E-state index is 11.9. The van der Waals surface area contributed by atoms with E-state index in [-0.39, 0.29) is 15.1 Å². The van der Waals surface area contributed by atoms with Gasteiger partial charge in [0.25, 0.3) is 0 Å². The standard InChI is InChI=1S/C13H9Cl3N2O3/c1-2-6-5-18(17-11(12(6)19)13(20)21)10-4-8(15)7(14)3-9(10)16/h3-5H,2H2,1H3,(H,20,21). The zero-order chi connectivity index (χ0) is 15.7. The van der Waals surface area contributed by atoms with Crippen molar-refractivity contribution < 1.29 is 9.90 Å². The molecular formula is C13H9Cl3N2O3. The Bertz CT molecular complexity index is 787. The average molecular weight is 348 g/mol. The summed E-state index contributed by atoms with van der Waals surface area (Å²) in [4.78, 5) is 23.0. The fraction of sp³-hybridized carbons (Fsp3) is 0.154. The molecule has 1 aromatic heterocycles. The van der Waals surface area contributed by atoms with Gasteiger partial charge in [-0.1, -0.05) is 41.7 Å². The van der Waals surface area contributed by atoms with Crippen LogP contribution < -0.4 is 5.43 Å². The Kier molecular flexibility index (Phi) is 4.56. The lowest BCUT2D eigenvalue weighted by atomic mass is 10.2. The number of nitrogens with zero attached hydrogens (tertiary/aromatic N) is 2. The summed E-state index contributed by atoms with van der Waals surface area (Å²) in [5.74, 6) is -1.40. The number of aromatic nitrogens is 2. The molecule has 2 aromatic rings. The van der Waals surface area contributed by atoms with Crippen molar-refractivity contribution >= 4 is 40.8 Å². The monoisotopic (exact) mass is 346 g/mol. The lowest BCUT2D eigenvalue weighted by Crippen LogP contribution is -2.24. The van der Waals surface area contributed by atoms with Gasteiger partial charge < -0.3 is 5.11 Å². The van der Waals surface area contributed by atoms with Gasteiger partial charge in [0.2, 0.25) is 11.1 Å². The summed E-state index contributed by atoms with van der Waals surface area (Å²) in [6.07, 6.45) is 1.79. The molecule has 0 atom stereocenters. The van der Waals surface area contributed by atoms with E-state index in [1.807, 2.05) is 0 Å². The first-order valence-electron chi connectivity index (χ1n) is 5.86. The van der Waals surface area contributed by atoms with Gasteiger partial charge in [0.15, 0.2) is 0 Å². The van der Waals surface area contributed by atoms with E-state index in [1.165, 1.54) is 23.0 Å². The van der Waals surface area contributed by atoms with Crippen LogP contribution in [0, 0.1) is 0 Å². The molecule has 1 N–H and O–H groups in total. The second kappa shape index (κ2) is 6.05. The van der Waals surface area contributed by atoms with Crippen molar-refractivity contribution in [3.05, 3.63) is 54.9 Å². The molecule has 1 heterocycles. The van der Waals surface area contributed by atoms with E-state index in [4.69, 9.17) is 39.9 Å². The van der Waals surface area contributed by atoms with Crippen LogP contribution in [0.3, 0.4) is 0 Å². The predicted molar refractivity (Wildman–Crippen MR) is 81.2 cm³/mol. The van der Waals surface area contributed by atoms with Crippen LogP contribution in [0.1, 0.15) is 23.0 Å². The molecule has 2 rings (SSSR count). The second-order valence-electron chi connectivity index (χ2n) is 4.15. The smallest absolute Gasteiger partial charge is 0.360 e. The maximum atomic E-state index is 11.9. The fourth-order valence-electron chi connectivity index (χ4n) is 1.74. The fourth-order valence-corrected chi connectivity index (χ4v) is 2.37. The number of halogens is 3. The van der Waals surface area contributed by atoms with Crippen LogP contribution in [-0.4, -0.2) is 20.9 Å². The molecular weight excluding hydrogens is 339 g/mol. The molecule has 21 heavy (non-hydrogen) atoms. The minimum atomic E-state index is -1.40. The van der Waals surface area contributed by atoms with Crippen molar-refractivity contribution in [3.63, 3.8) is 0 Å². The molecule has 0 radical (unpaired) electrons. The van der Waals surface area contributed by atoms with Crippen LogP contribution in [-0.2, 0) is 6.42 Å². The Labute approximate surface area is 134 Å². The highest BCUT2D eigenvalue weighted by molar-refractivity contribution is 6.43. The molecule has 8 heteroatoms. The molecule has 110 valence electrons. The van der Waals surface area contributed by atoms with E-state index < -0.39 is 17.1 Å². The summed E-state index contributed by atoms with van der Waals surface area (Å²) >= 11 is 17.9. The van der Waals surface area contributed by atoms with Crippen molar-refractivity contribution in [3.8, 4) is 5.69 Å². The van der Waals surface area contributed by atoms with Gasteiger partial charge >= 0.3 is 5.97 Å². The van der Waals surface area contributed by atoms with Crippen LogP contribution in [0.15, 0.2) is 23.1 Å². The Morgan fingerprint density at radius 1 is 1.24 bits per heavy atom. The van der Waals surface area contributed by atoms with Gasteiger partial charge in [-0.3, -0.25) is 4.79 Å². The molecule has 1 aromatic carbocycles. The van der Waals surface area contributed by atoms with Gasteiger partial charge in [-0.15, -0.1) is 0 Å². The van der Waals surface area contributed by atoms with Crippen molar-refractivity contribution in [1.29, 1.82) is 0 Å². The summed E-state index contributed by atoms with van der Waals surface area (Å²) in [6.45, 7) is 1.74. The number of carbonyl (C=O) groups is 1. The van der Waals surface area contributed by atoms with Crippen LogP contribution in [0.2, 0.25) is 15.1 Å². The second-order valence-corrected chi connectivity index (χ2v) is 5.37. The number of hydrogen-bond donors (Lipinski definition) is 1. The first-order chi connectivity index (χ1) is 9.85. The van der Waals surface area contributed by atoms with Crippen LogP contribution >= 0.6 is 34.8 Å². The summed E-state index contributed by atoms with van der Waals surface area (Å²) in [5.41, 5.74) is -0.540. The molecule has 0 saturated carbocycles. The zero-order valence-electron chi connectivity index (χ0n) is 10.7. The number of rotatable bonds is 3. The quantitative estimate of drug-likeness (QED) is 0.863. The van der Waals surface area contributed by atoms with Crippen LogP contribution in [0.4, 0.5) is 0 Å². The molecule has 0 bridgehead atoms. The van der Waals surface area contributed by atoms with E-state index in [0.717, 1.165) is 0 Å². The van der Waals surface area contributed by atoms with E-state index in [0.29, 0.717) is 17.7 Å². The van der Waals surface area contributed by atoms with Crippen molar-refractivity contribution in [2.75, 3.05) is 0 Å². The van der Waals surface area contributed by atoms with E-state index in [9.17, 15) is 9.59 Å². The minimum Gasteiger partial charge on any atom is -0.476 e. The lowest BCUT2D eigenvalue weighted by molar-refractivity contribution is 0.0686. The van der Waals surface area contributed by atoms with Gasteiger partial charge in [0.05, 0.1) is 20.8 Å². The maximum Gasteiger partial charge on any atom is 0.360 e. The largest absolute Gasteiger partial charge is 0.476 e. The Morgan fingerprint density at radius 3 is 2.43 bits per heavy atom.